The first-order valence-corrected chi connectivity index (χ1v) is 8.19. The fourth-order valence-electron chi connectivity index (χ4n) is 3.42. The van der Waals surface area contributed by atoms with Crippen molar-refractivity contribution in [3.05, 3.63) is 70.3 Å². The van der Waals surface area contributed by atoms with Crippen molar-refractivity contribution in [2.75, 3.05) is 0 Å². The van der Waals surface area contributed by atoms with E-state index >= 15 is 0 Å². The van der Waals surface area contributed by atoms with Crippen LogP contribution in [0.5, 0.6) is 0 Å². The first-order valence-electron chi connectivity index (χ1n) is 8.19. The van der Waals surface area contributed by atoms with E-state index in [2.05, 4.69) is 17.4 Å². The number of carbonyl (C=O) groups is 1. The van der Waals surface area contributed by atoms with Crippen LogP contribution in [0.15, 0.2) is 42.5 Å². The van der Waals surface area contributed by atoms with E-state index in [0.717, 1.165) is 41.5 Å². The maximum Gasteiger partial charge on any atom is 0.217 e. The van der Waals surface area contributed by atoms with Crippen LogP contribution in [-0.4, -0.2) is 11.0 Å². The quantitative estimate of drug-likeness (QED) is 0.910. The Morgan fingerprint density at radius 3 is 2.74 bits per heavy atom. The van der Waals surface area contributed by atoms with Crippen LogP contribution >= 0.6 is 0 Å². The highest BCUT2D eigenvalue weighted by molar-refractivity contribution is 5.73. The van der Waals surface area contributed by atoms with E-state index in [1.54, 1.807) is 6.92 Å². The van der Waals surface area contributed by atoms with Crippen LogP contribution in [0.25, 0.3) is 0 Å². The molecular formula is C20H23NO2. The minimum atomic E-state index is -0.639. The second-order valence-corrected chi connectivity index (χ2v) is 6.42. The summed E-state index contributed by atoms with van der Waals surface area (Å²) < 4.78 is 0. The number of fused-ring (bicyclic) bond motifs is 1. The summed E-state index contributed by atoms with van der Waals surface area (Å²) in [5, 5.41) is 13.7. The Bertz CT molecular complexity index is 723. The summed E-state index contributed by atoms with van der Waals surface area (Å²) in [4.78, 5) is 11.4. The molecule has 120 valence electrons. The van der Waals surface area contributed by atoms with Crippen LogP contribution in [0.4, 0.5) is 0 Å². The van der Waals surface area contributed by atoms with Gasteiger partial charge in [-0.2, -0.15) is 0 Å². The Morgan fingerprint density at radius 2 is 2.00 bits per heavy atom. The largest absolute Gasteiger partial charge is 0.384 e. The minimum absolute atomic E-state index is 0.00696. The van der Waals surface area contributed by atoms with Gasteiger partial charge in [-0.3, -0.25) is 4.79 Å². The number of amides is 1. The number of aliphatic hydroxyl groups excluding tert-OH is 1. The fourth-order valence-corrected chi connectivity index (χ4v) is 3.42. The molecule has 1 aliphatic carbocycles. The number of rotatable bonds is 3. The lowest BCUT2D eigenvalue weighted by Gasteiger charge is -2.27. The van der Waals surface area contributed by atoms with Crippen molar-refractivity contribution < 1.29 is 9.90 Å². The molecular weight excluding hydrogens is 286 g/mol. The number of benzene rings is 2. The van der Waals surface area contributed by atoms with Crippen molar-refractivity contribution >= 4 is 5.91 Å². The average Bonchev–Trinajstić information content (AvgIpc) is 2.53. The fraction of sp³-hybridized carbons (Fsp3) is 0.350. The molecule has 0 aliphatic heterocycles. The molecule has 0 fully saturated rings. The summed E-state index contributed by atoms with van der Waals surface area (Å²) in [6.07, 6.45) is 2.43. The van der Waals surface area contributed by atoms with E-state index in [1.165, 1.54) is 5.56 Å². The second-order valence-electron chi connectivity index (χ2n) is 6.42. The van der Waals surface area contributed by atoms with Crippen LogP contribution in [-0.2, 0) is 11.2 Å². The molecule has 0 bridgehead atoms. The van der Waals surface area contributed by atoms with E-state index in [4.69, 9.17) is 0 Å². The molecule has 3 rings (SSSR count). The Kier molecular flexibility index (Phi) is 4.49. The van der Waals surface area contributed by atoms with Gasteiger partial charge in [0, 0.05) is 6.92 Å². The first kappa shape index (κ1) is 15.8. The summed E-state index contributed by atoms with van der Waals surface area (Å²) in [7, 11) is 0. The molecule has 3 nitrogen and oxygen atoms in total. The lowest BCUT2D eigenvalue weighted by atomic mass is 9.85. The smallest absolute Gasteiger partial charge is 0.217 e. The molecule has 3 heteroatoms. The lowest BCUT2D eigenvalue weighted by molar-refractivity contribution is -0.119. The zero-order valence-corrected chi connectivity index (χ0v) is 13.7. The van der Waals surface area contributed by atoms with Gasteiger partial charge in [-0.15, -0.1) is 0 Å². The molecule has 2 aromatic rings. The standard InChI is InChI=1S/C20H23NO2/c1-13-5-3-7-16(11-13)20(23)17-10-9-15-6-4-8-19(18(15)12-17)21-14(2)22/h3,5,7,9-12,19-20,23H,4,6,8H2,1-2H3,(H,21,22). The predicted octanol–water partition coefficient (Wildman–Crippen LogP) is 3.59. The van der Waals surface area contributed by atoms with Crippen LogP contribution in [0, 0.1) is 6.92 Å². The predicted molar refractivity (Wildman–Crippen MR) is 91.2 cm³/mol. The van der Waals surface area contributed by atoms with Crippen molar-refractivity contribution in [2.45, 2.75) is 45.3 Å². The van der Waals surface area contributed by atoms with Crippen molar-refractivity contribution in [1.82, 2.24) is 5.32 Å². The lowest BCUT2D eigenvalue weighted by Crippen LogP contribution is -2.29. The van der Waals surface area contributed by atoms with Gasteiger partial charge < -0.3 is 10.4 Å². The molecule has 0 spiro atoms. The maximum absolute atomic E-state index is 11.4. The van der Waals surface area contributed by atoms with Crippen molar-refractivity contribution in [2.24, 2.45) is 0 Å². The molecule has 2 atom stereocenters. The molecule has 23 heavy (non-hydrogen) atoms. The van der Waals surface area contributed by atoms with Gasteiger partial charge >= 0.3 is 0 Å². The third kappa shape index (κ3) is 3.45. The van der Waals surface area contributed by atoms with Crippen LogP contribution in [0.2, 0.25) is 0 Å². The van der Waals surface area contributed by atoms with Gasteiger partial charge in [-0.1, -0.05) is 48.0 Å². The highest BCUT2D eigenvalue weighted by atomic mass is 16.3. The molecule has 1 aliphatic rings. The van der Waals surface area contributed by atoms with Gasteiger partial charge in [0.2, 0.25) is 5.91 Å². The van der Waals surface area contributed by atoms with Gasteiger partial charge in [0.15, 0.2) is 0 Å². The average molecular weight is 309 g/mol. The van der Waals surface area contributed by atoms with Crippen LogP contribution in [0.3, 0.4) is 0 Å². The molecule has 0 heterocycles. The molecule has 0 saturated carbocycles. The molecule has 0 saturated heterocycles. The number of hydrogen-bond acceptors (Lipinski definition) is 2. The molecule has 0 radical (unpaired) electrons. The van der Waals surface area contributed by atoms with Gasteiger partial charge in [0.05, 0.1) is 6.04 Å². The normalized spacial score (nSPS) is 18.1. The molecule has 0 aromatic heterocycles. The Labute approximate surface area is 137 Å². The van der Waals surface area contributed by atoms with E-state index in [0.29, 0.717) is 0 Å². The SMILES string of the molecule is CC(=O)NC1CCCc2ccc(C(O)c3cccc(C)c3)cc21. The summed E-state index contributed by atoms with van der Waals surface area (Å²) in [5.74, 6) is -0.00696. The van der Waals surface area contributed by atoms with Crippen LogP contribution < -0.4 is 5.32 Å². The number of nitrogens with one attached hydrogen (secondary N) is 1. The topological polar surface area (TPSA) is 49.3 Å². The zero-order valence-electron chi connectivity index (χ0n) is 13.7. The number of hydrogen-bond donors (Lipinski definition) is 2. The maximum atomic E-state index is 11.4. The highest BCUT2D eigenvalue weighted by Gasteiger charge is 2.22. The first-order chi connectivity index (χ1) is 11.0. The van der Waals surface area contributed by atoms with E-state index in [9.17, 15) is 9.90 Å². The van der Waals surface area contributed by atoms with Crippen LogP contribution in [0.1, 0.15) is 59.7 Å². The van der Waals surface area contributed by atoms with Gasteiger partial charge in [0.1, 0.15) is 6.10 Å². The van der Waals surface area contributed by atoms with Gasteiger partial charge in [0.25, 0.3) is 0 Å². The number of aryl methyl sites for hydroxylation is 2. The Balaban J connectivity index is 1.94. The van der Waals surface area contributed by atoms with Crippen molar-refractivity contribution in [3.63, 3.8) is 0 Å². The van der Waals surface area contributed by atoms with Gasteiger partial charge in [-0.25, -0.2) is 0 Å². The molecule has 2 unspecified atom stereocenters. The number of aliphatic hydroxyl groups is 1. The van der Waals surface area contributed by atoms with E-state index in [-0.39, 0.29) is 11.9 Å². The summed E-state index contributed by atoms with van der Waals surface area (Å²) in [6.45, 7) is 3.58. The summed E-state index contributed by atoms with van der Waals surface area (Å²) in [6, 6.07) is 14.2. The second kappa shape index (κ2) is 6.55. The van der Waals surface area contributed by atoms with Crippen molar-refractivity contribution in [3.8, 4) is 0 Å². The third-order valence-corrected chi connectivity index (χ3v) is 4.54. The molecule has 1 amide bonds. The molecule has 2 aromatic carbocycles. The Hall–Kier alpha value is -2.13. The molecule has 2 N–H and O–H groups in total. The minimum Gasteiger partial charge on any atom is -0.384 e. The number of carbonyl (C=O) groups excluding carboxylic acids is 1. The van der Waals surface area contributed by atoms with E-state index < -0.39 is 6.10 Å². The van der Waals surface area contributed by atoms with E-state index in [1.807, 2.05) is 37.3 Å². The monoisotopic (exact) mass is 309 g/mol. The summed E-state index contributed by atoms with van der Waals surface area (Å²) in [5.41, 5.74) is 5.34. The highest BCUT2D eigenvalue weighted by Crippen LogP contribution is 2.33. The summed E-state index contributed by atoms with van der Waals surface area (Å²) >= 11 is 0. The zero-order chi connectivity index (χ0) is 16.4. The Morgan fingerprint density at radius 1 is 1.22 bits per heavy atom. The van der Waals surface area contributed by atoms with Gasteiger partial charge in [-0.05, 0) is 48.4 Å². The third-order valence-electron chi connectivity index (χ3n) is 4.54. The van der Waals surface area contributed by atoms with Crippen molar-refractivity contribution in [1.29, 1.82) is 0 Å².